The van der Waals surface area contributed by atoms with Gasteiger partial charge in [0.2, 0.25) is 0 Å². The predicted molar refractivity (Wildman–Crippen MR) is 35.1 cm³/mol. The molecule has 2 aliphatic rings. The second-order valence-electron chi connectivity index (χ2n) is 2.68. The van der Waals surface area contributed by atoms with Gasteiger partial charge in [-0.05, 0) is 19.3 Å². The summed E-state index contributed by atoms with van der Waals surface area (Å²) in [6, 6.07) is 0. The number of hydrogen-bond donors (Lipinski definition) is 0. The Labute approximate surface area is 54.7 Å². The van der Waals surface area contributed by atoms with Gasteiger partial charge >= 0.3 is 0 Å². The van der Waals surface area contributed by atoms with Crippen molar-refractivity contribution in [3.63, 3.8) is 0 Å². The molecule has 0 saturated heterocycles. The van der Waals surface area contributed by atoms with Crippen LogP contribution in [-0.4, -0.2) is 6.54 Å². The van der Waals surface area contributed by atoms with Crippen molar-refractivity contribution in [1.29, 1.82) is 0 Å². The zero-order valence-electron chi connectivity index (χ0n) is 5.38. The first kappa shape index (κ1) is 5.15. The van der Waals surface area contributed by atoms with Crippen LogP contribution in [0.1, 0.15) is 19.3 Å². The number of fused-ring (bicyclic) bond motifs is 1. The third-order valence-corrected chi connectivity index (χ3v) is 2.02. The van der Waals surface area contributed by atoms with Crippen LogP contribution in [0.25, 0.3) is 0 Å². The van der Waals surface area contributed by atoms with E-state index in [-0.39, 0.29) is 0 Å². The predicted octanol–water partition coefficient (Wildman–Crippen LogP) is 2.14. The number of allylic oxidation sites excluding steroid dienone is 1. The Morgan fingerprint density at radius 3 is 3.44 bits per heavy atom. The van der Waals surface area contributed by atoms with Gasteiger partial charge in [0.05, 0.1) is 12.2 Å². The molecule has 1 aliphatic carbocycles. The van der Waals surface area contributed by atoms with Crippen molar-refractivity contribution in [3.8, 4) is 0 Å². The zero-order chi connectivity index (χ0) is 6.10. The van der Waals surface area contributed by atoms with Gasteiger partial charge < -0.3 is 0 Å². The van der Waals surface area contributed by atoms with Crippen molar-refractivity contribution in [3.05, 3.63) is 11.8 Å². The number of azo groups is 1. The van der Waals surface area contributed by atoms with E-state index in [9.17, 15) is 0 Å². The standard InChI is InChI=1S/C7H10N2/c1-2-4-7-6(3-1)5-8-9-7/h4,6H,1-3,5H2. The first-order chi connectivity index (χ1) is 4.47. The summed E-state index contributed by atoms with van der Waals surface area (Å²) in [4.78, 5) is 0. The molecule has 0 saturated carbocycles. The Balaban J connectivity index is 2.23. The van der Waals surface area contributed by atoms with Gasteiger partial charge in [-0.25, -0.2) is 0 Å². The molecule has 0 amide bonds. The van der Waals surface area contributed by atoms with Crippen LogP contribution in [-0.2, 0) is 0 Å². The van der Waals surface area contributed by atoms with E-state index in [0.29, 0.717) is 5.92 Å². The van der Waals surface area contributed by atoms with Gasteiger partial charge in [-0.3, -0.25) is 0 Å². The van der Waals surface area contributed by atoms with Gasteiger partial charge in [0.1, 0.15) is 0 Å². The average molecular weight is 122 g/mol. The van der Waals surface area contributed by atoms with Crippen LogP contribution in [0.3, 0.4) is 0 Å². The maximum absolute atomic E-state index is 4.04. The minimum atomic E-state index is 0.693. The Morgan fingerprint density at radius 2 is 2.56 bits per heavy atom. The average Bonchev–Trinajstić information content (AvgIpc) is 2.33. The fourth-order valence-electron chi connectivity index (χ4n) is 1.46. The second-order valence-corrected chi connectivity index (χ2v) is 2.68. The second kappa shape index (κ2) is 1.94. The minimum absolute atomic E-state index is 0.693. The van der Waals surface area contributed by atoms with E-state index in [2.05, 4.69) is 16.3 Å². The van der Waals surface area contributed by atoms with Crippen LogP contribution < -0.4 is 0 Å². The van der Waals surface area contributed by atoms with Gasteiger partial charge in [0, 0.05) is 5.92 Å². The molecule has 0 N–H and O–H groups in total. The summed E-state index contributed by atoms with van der Waals surface area (Å²) < 4.78 is 0. The summed E-state index contributed by atoms with van der Waals surface area (Å²) in [7, 11) is 0. The molecule has 1 heterocycles. The molecule has 2 rings (SSSR count). The maximum atomic E-state index is 4.04. The molecule has 1 atom stereocenters. The van der Waals surface area contributed by atoms with E-state index >= 15 is 0 Å². The molecule has 0 aromatic heterocycles. The lowest BCUT2D eigenvalue weighted by Crippen LogP contribution is -2.05. The Morgan fingerprint density at radius 1 is 1.56 bits per heavy atom. The van der Waals surface area contributed by atoms with E-state index in [4.69, 9.17) is 0 Å². The molecule has 48 valence electrons. The van der Waals surface area contributed by atoms with Gasteiger partial charge in [-0.1, -0.05) is 6.08 Å². The lowest BCUT2D eigenvalue weighted by molar-refractivity contribution is 0.548. The van der Waals surface area contributed by atoms with Crippen molar-refractivity contribution in [2.45, 2.75) is 19.3 Å². The van der Waals surface area contributed by atoms with Gasteiger partial charge in [0.15, 0.2) is 0 Å². The highest BCUT2D eigenvalue weighted by Crippen LogP contribution is 2.29. The van der Waals surface area contributed by atoms with Gasteiger partial charge in [0.25, 0.3) is 0 Å². The fourth-order valence-corrected chi connectivity index (χ4v) is 1.46. The molecule has 0 bridgehead atoms. The van der Waals surface area contributed by atoms with Crippen LogP contribution in [0.15, 0.2) is 22.0 Å². The van der Waals surface area contributed by atoms with Crippen molar-refractivity contribution in [1.82, 2.24) is 0 Å². The first-order valence-electron chi connectivity index (χ1n) is 3.54. The summed E-state index contributed by atoms with van der Waals surface area (Å²) >= 11 is 0. The van der Waals surface area contributed by atoms with E-state index in [1.54, 1.807) is 0 Å². The summed E-state index contributed by atoms with van der Waals surface area (Å²) in [5.74, 6) is 0.693. The Kier molecular flexibility index (Phi) is 1.11. The maximum Gasteiger partial charge on any atom is 0.0687 e. The molecule has 0 spiro atoms. The Hall–Kier alpha value is -0.660. The zero-order valence-corrected chi connectivity index (χ0v) is 5.38. The molecule has 0 aromatic carbocycles. The quantitative estimate of drug-likeness (QED) is 0.470. The molecular formula is C7H10N2. The van der Waals surface area contributed by atoms with Crippen molar-refractivity contribution in [2.75, 3.05) is 6.54 Å². The highest BCUT2D eigenvalue weighted by atomic mass is 15.1. The normalized spacial score (nSPS) is 32.0. The van der Waals surface area contributed by atoms with E-state index in [1.807, 2.05) is 0 Å². The number of hydrogen-bond acceptors (Lipinski definition) is 2. The SMILES string of the molecule is C1=C2N=NCC2CCC1. The molecular weight excluding hydrogens is 112 g/mol. The highest BCUT2D eigenvalue weighted by molar-refractivity contribution is 5.10. The molecule has 0 fully saturated rings. The van der Waals surface area contributed by atoms with Gasteiger partial charge in [-0.15, -0.1) is 0 Å². The van der Waals surface area contributed by atoms with E-state index in [1.165, 1.54) is 25.0 Å². The van der Waals surface area contributed by atoms with Crippen molar-refractivity contribution >= 4 is 0 Å². The molecule has 1 aliphatic heterocycles. The lowest BCUT2D eigenvalue weighted by Gasteiger charge is -2.12. The summed E-state index contributed by atoms with van der Waals surface area (Å²) in [5, 5.41) is 8.03. The molecule has 1 unspecified atom stereocenters. The minimum Gasteiger partial charge on any atom is -0.188 e. The topological polar surface area (TPSA) is 24.7 Å². The third-order valence-electron chi connectivity index (χ3n) is 2.02. The largest absolute Gasteiger partial charge is 0.188 e. The van der Waals surface area contributed by atoms with E-state index < -0.39 is 0 Å². The smallest absolute Gasteiger partial charge is 0.0687 e. The van der Waals surface area contributed by atoms with E-state index in [0.717, 1.165) is 6.54 Å². The van der Waals surface area contributed by atoms with Crippen LogP contribution in [0.5, 0.6) is 0 Å². The molecule has 9 heavy (non-hydrogen) atoms. The summed E-state index contributed by atoms with van der Waals surface area (Å²) in [5.41, 5.74) is 1.25. The lowest BCUT2D eigenvalue weighted by atomic mass is 9.94. The fraction of sp³-hybridized carbons (Fsp3) is 0.714. The monoisotopic (exact) mass is 122 g/mol. The number of rotatable bonds is 0. The highest BCUT2D eigenvalue weighted by Gasteiger charge is 2.20. The molecule has 0 radical (unpaired) electrons. The molecule has 2 heteroatoms. The van der Waals surface area contributed by atoms with Crippen LogP contribution in [0.2, 0.25) is 0 Å². The van der Waals surface area contributed by atoms with Crippen LogP contribution >= 0.6 is 0 Å². The number of nitrogens with zero attached hydrogens (tertiary/aromatic N) is 2. The molecule has 0 aromatic rings. The van der Waals surface area contributed by atoms with Gasteiger partial charge in [-0.2, -0.15) is 10.2 Å². The summed E-state index contributed by atoms with van der Waals surface area (Å²) in [6.45, 7) is 0.950. The van der Waals surface area contributed by atoms with Crippen LogP contribution in [0.4, 0.5) is 0 Å². The van der Waals surface area contributed by atoms with Crippen molar-refractivity contribution in [2.24, 2.45) is 16.1 Å². The van der Waals surface area contributed by atoms with Crippen LogP contribution in [0, 0.1) is 5.92 Å². The summed E-state index contributed by atoms with van der Waals surface area (Å²) in [6.07, 6.45) is 6.08. The third kappa shape index (κ3) is 0.784. The van der Waals surface area contributed by atoms with Crippen molar-refractivity contribution < 1.29 is 0 Å². The first-order valence-corrected chi connectivity index (χ1v) is 3.54. The molecule has 2 nitrogen and oxygen atoms in total. The Bertz CT molecular complexity index is 170.